The molecule has 4 rings (SSSR count). The zero-order valence-electron chi connectivity index (χ0n) is 18.4. The van der Waals surface area contributed by atoms with Crippen molar-refractivity contribution in [1.82, 2.24) is 19.2 Å². The summed E-state index contributed by atoms with van der Waals surface area (Å²) in [6, 6.07) is 7.01. The average molecular weight is 447 g/mol. The number of aromatic nitrogens is 2. The van der Waals surface area contributed by atoms with Gasteiger partial charge in [0.1, 0.15) is 23.7 Å². The number of anilines is 2. The highest BCUT2D eigenvalue weighted by Crippen LogP contribution is 2.26. The van der Waals surface area contributed by atoms with Crippen molar-refractivity contribution in [3.05, 3.63) is 36.2 Å². The summed E-state index contributed by atoms with van der Waals surface area (Å²) in [6.07, 6.45) is 1.60. The van der Waals surface area contributed by atoms with Crippen LogP contribution in [-0.2, 0) is 10.0 Å². The molecule has 9 nitrogen and oxygen atoms in total. The molecule has 2 aliphatic rings. The number of piperazine rings is 2. The van der Waals surface area contributed by atoms with Crippen LogP contribution in [0.2, 0.25) is 0 Å². The second kappa shape index (κ2) is 8.97. The summed E-state index contributed by atoms with van der Waals surface area (Å²) < 4.78 is 33.0. The first-order valence-electron chi connectivity index (χ1n) is 10.5. The van der Waals surface area contributed by atoms with E-state index in [1.165, 1.54) is 0 Å². The van der Waals surface area contributed by atoms with E-state index in [4.69, 9.17) is 4.74 Å². The fraction of sp³-hybridized carbons (Fsp3) is 0.524. The molecule has 0 unspecified atom stereocenters. The maximum Gasteiger partial charge on any atom is 0.243 e. The number of sulfonamides is 1. The molecule has 0 radical (unpaired) electrons. The Kier molecular flexibility index (Phi) is 6.31. The maximum atomic E-state index is 13.1. The topological polar surface area (TPSA) is 82.1 Å². The lowest BCUT2D eigenvalue weighted by Gasteiger charge is -2.36. The highest BCUT2D eigenvalue weighted by Gasteiger charge is 2.29. The number of hydrogen-bond acceptors (Lipinski definition) is 8. The van der Waals surface area contributed by atoms with Crippen LogP contribution in [0.3, 0.4) is 0 Å². The number of methoxy groups -OCH3 is 1. The number of nitrogens with zero attached hydrogens (tertiary/aromatic N) is 6. The molecule has 2 aromatic rings. The normalized spacial score (nSPS) is 18.9. The van der Waals surface area contributed by atoms with Gasteiger partial charge in [0.25, 0.3) is 0 Å². The van der Waals surface area contributed by atoms with Crippen LogP contribution in [0.5, 0.6) is 5.75 Å². The Morgan fingerprint density at radius 2 is 1.45 bits per heavy atom. The number of hydrogen-bond donors (Lipinski definition) is 0. The summed E-state index contributed by atoms with van der Waals surface area (Å²) >= 11 is 0. The Balaban J connectivity index is 1.43. The number of ether oxygens (including phenoxy) is 1. The summed E-state index contributed by atoms with van der Waals surface area (Å²) in [5.74, 6) is 2.46. The van der Waals surface area contributed by atoms with Crippen molar-refractivity contribution in [2.24, 2.45) is 0 Å². The largest absolute Gasteiger partial charge is 0.496 e. The van der Waals surface area contributed by atoms with Gasteiger partial charge in [0.05, 0.1) is 12.0 Å². The molecule has 10 heteroatoms. The third kappa shape index (κ3) is 4.60. The highest BCUT2D eigenvalue weighted by atomic mass is 32.2. The molecule has 0 bridgehead atoms. The van der Waals surface area contributed by atoms with E-state index < -0.39 is 10.0 Å². The van der Waals surface area contributed by atoms with Crippen LogP contribution in [0.4, 0.5) is 11.6 Å². The molecule has 1 aromatic heterocycles. The maximum absolute atomic E-state index is 13.1. The van der Waals surface area contributed by atoms with Gasteiger partial charge in [-0.15, -0.1) is 0 Å². The monoisotopic (exact) mass is 446 g/mol. The van der Waals surface area contributed by atoms with E-state index in [9.17, 15) is 8.42 Å². The van der Waals surface area contributed by atoms with Crippen LogP contribution in [0.15, 0.2) is 35.5 Å². The van der Waals surface area contributed by atoms with Crippen molar-refractivity contribution in [2.75, 3.05) is 76.3 Å². The lowest BCUT2D eigenvalue weighted by Crippen LogP contribution is -2.49. The van der Waals surface area contributed by atoms with Crippen molar-refractivity contribution < 1.29 is 13.2 Å². The predicted octanol–water partition coefficient (Wildman–Crippen LogP) is 1.06. The lowest BCUT2D eigenvalue weighted by atomic mass is 10.2. The van der Waals surface area contributed by atoms with Crippen molar-refractivity contribution in [3.63, 3.8) is 0 Å². The molecule has 168 valence electrons. The molecule has 2 saturated heterocycles. The second-order valence-electron chi connectivity index (χ2n) is 8.05. The smallest absolute Gasteiger partial charge is 0.243 e. The molecule has 1 aromatic carbocycles. The van der Waals surface area contributed by atoms with Crippen molar-refractivity contribution in [1.29, 1.82) is 0 Å². The molecule has 0 N–H and O–H groups in total. The Bertz CT molecular complexity index is 1020. The summed E-state index contributed by atoms with van der Waals surface area (Å²) in [7, 11) is 0.170. The zero-order chi connectivity index (χ0) is 22.0. The molecule has 0 saturated carbocycles. The molecule has 0 spiro atoms. The average Bonchev–Trinajstić information content (AvgIpc) is 2.79. The quantitative estimate of drug-likeness (QED) is 0.674. The Hall–Kier alpha value is -2.43. The SMILES string of the molecule is COc1ccc(S(=O)(=O)N2CCN(c3cc(N4CCN(C)CC4)ncn3)CC2)cc1C. The van der Waals surface area contributed by atoms with Crippen LogP contribution in [0.1, 0.15) is 5.56 Å². The molecule has 3 heterocycles. The number of benzene rings is 1. The minimum atomic E-state index is -3.54. The van der Waals surface area contributed by atoms with E-state index in [2.05, 4.69) is 31.7 Å². The van der Waals surface area contributed by atoms with Gasteiger partial charge >= 0.3 is 0 Å². The molecule has 0 atom stereocenters. The first kappa shape index (κ1) is 21.8. The van der Waals surface area contributed by atoms with E-state index in [1.807, 2.05) is 13.0 Å². The van der Waals surface area contributed by atoms with Crippen LogP contribution in [-0.4, -0.2) is 94.1 Å². The van der Waals surface area contributed by atoms with E-state index in [-0.39, 0.29) is 0 Å². The molecule has 2 fully saturated rings. The van der Waals surface area contributed by atoms with Gasteiger partial charge in [-0.25, -0.2) is 18.4 Å². The Labute approximate surface area is 184 Å². The minimum Gasteiger partial charge on any atom is -0.496 e. The lowest BCUT2D eigenvalue weighted by molar-refractivity contribution is 0.312. The van der Waals surface area contributed by atoms with Crippen molar-refractivity contribution in [3.8, 4) is 5.75 Å². The van der Waals surface area contributed by atoms with Crippen LogP contribution >= 0.6 is 0 Å². The van der Waals surface area contributed by atoms with E-state index >= 15 is 0 Å². The van der Waals surface area contributed by atoms with Gasteiger partial charge in [0.2, 0.25) is 10.0 Å². The van der Waals surface area contributed by atoms with Gasteiger partial charge in [-0.05, 0) is 37.7 Å². The standard InChI is InChI=1S/C21H30N6O3S/c1-17-14-18(4-5-19(17)30-3)31(28,29)27-12-10-26(11-13-27)21-15-20(22-16-23-21)25-8-6-24(2)7-9-25/h4-5,14-16H,6-13H2,1-3H3. The van der Waals surface area contributed by atoms with Crippen LogP contribution < -0.4 is 14.5 Å². The van der Waals surface area contributed by atoms with Crippen molar-refractivity contribution in [2.45, 2.75) is 11.8 Å². The van der Waals surface area contributed by atoms with Gasteiger partial charge in [0, 0.05) is 58.4 Å². The highest BCUT2D eigenvalue weighted by molar-refractivity contribution is 7.89. The Morgan fingerprint density at radius 3 is 2.00 bits per heavy atom. The molecule has 2 aliphatic heterocycles. The molecular formula is C21H30N6O3S. The van der Waals surface area contributed by atoms with Gasteiger partial charge in [-0.2, -0.15) is 4.31 Å². The van der Waals surface area contributed by atoms with Gasteiger partial charge in [0.15, 0.2) is 0 Å². The van der Waals surface area contributed by atoms with Crippen LogP contribution in [0, 0.1) is 6.92 Å². The van der Waals surface area contributed by atoms with E-state index in [0.717, 1.165) is 43.4 Å². The van der Waals surface area contributed by atoms with Gasteiger partial charge in [-0.3, -0.25) is 0 Å². The van der Waals surface area contributed by atoms with Gasteiger partial charge < -0.3 is 19.4 Å². The minimum absolute atomic E-state index is 0.304. The number of rotatable bonds is 5. The molecule has 31 heavy (non-hydrogen) atoms. The third-order valence-electron chi connectivity index (χ3n) is 6.03. The summed E-state index contributed by atoms with van der Waals surface area (Å²) in [5.41, 5.74) is 0.805. The first-order valence-corrected chi connectivity index (χ1v) is 12.0. The molecule has 0 amide bonds. The molecular weight excluding hydrogens is 416 g/mol. The summed E-state index contributed by atoms with van der Waals surface area (Å²) in [4.78, 5) is 15.9. The fourth-order valence-corrected chi connectivity index (χ4v) is 5.54. The second-order valence-corrected chi connectivity index (χ2v) is 9.99. The summed E-state index contributed by atoms with van der Waals surface area (Å²) in [5, 5.41) is 0. The predicted molar refractivity (Wildman–Crippen MR) is 120 cm³/mol. The third-order valence-corrected chi connectivity index (χ3v) is 7.93. The first-order chi connectivity index (χ1) is 14.9. The molecule has 0 aliphatic carbocycles. The van der Waals surface area contributed by atoms with Crippen molar-refractivity contribution >= 4 is 21.7 Å². The van der Waals surface area contributed by atoms with E-state index in [0.29, 0.717) is 36.8 Å². The van der Waals surface area contributed by atoms with Gasteiger partial charge in [-0.1, -0.05) is 0 Å². The van der Waals surface area contributed by atoms with E-state index in [1.54, 1.807) is 35.9 Å². The van der Waals surface area contributed by atoms with Crippen LogP contribution in [0.25, 0.3) is 0 Å². The number of likely N-dealkylation sites (N-methyl/N-ethyl adjacent to an activating group) is 1. The fourth-order valence-electron chi connectivity index (χ4n) is 4.04. The zero-order valence-corrected chi connectivity index (χ0v) is 19.2. The summed E-state index contributed by atoms with van der Waals surface area (Å²) in [6.45, 7) is 7.79. The Morgan fingerprint density at radius 1 is 0.871 bits per heavy atom. The number of aryl methyl sites for hydroxylation is 1.